The molecule has 3 heterocycles. The second-order valence-corrected chi connectivity index (χ2v) is 6.32. The lowest BCUT2D eigenvalue weighted by molar-refractivity contribution is 0.122. The Kier molecular flexibility index (Phi) is 5.50. The third-order valence-electron chi connectivity index (χ3n) is 4.12. The molecule has 25 heavy (non-hydrogen) atoms. The van der Waals surface area contributed by atoms with Crippen molar-refractivity contribution in [1.29, 1.82) is 0 Å². The number of morpholine rings is 1. The summed E-state index contributed by atoms with van der Waals surface area (Å²) in [5.41, 5.74) is 7.14. The summed E-state index contributed by atoms with van der Waals surface area (Å²) in [4.78, 5) is 19.6. The van der Waals surface area contributed by atoms with Gasteiger partial charge in [-0.3, -0.25) is 9.20 Å². The number of hydrogen-bond donors (Lipinski definition) is 1. The molecule has 0 spiro atoms. The van der Waals surface area contributed by atoms with Crippen molar-refractivity contribution in [3.05, 3.63) is 34.4 Å². The number of hydrogen-bond acceptors (Lipinski definition) is 6. The summed E-state index contributed by atoms with van der Waals surface area (Å²) in [6, 6.07) is 3.73. The molecule has 0 aromatic carbocycles. The van der Waals surface area contributed by atoms with Crippen molar-refractivity contribution in [2.75, 3.05) is 37.8 Å². The number of rotatable bonds is 6. The quantitative estimate of drug-likeness (QED) is 0.613. The highest BCUT2D eigenvalue weighted by Crippen LogP contribution is 2.19. The number of thiocarbonyl (C=S) groups is 1. The highest BCUT2D eigenvalue weighted by molar-refractivity contribution is 7.80. The van der Waals surface area contributed by atoms with Crippen molar-refractivity contribution in [3.63, 3.8) is 0 Å². The Morgan fingerprint density at radius 2 is 2.16 bits per heavy atom. The Hall–Kier alpha value is -2.19. The average molecular weight is 362 g/mol. The van der Waals surface area contributed by atoms with Gasteiger partial charge in [-0.1, -0.05) is 25.6 Å². The predicted octanol–water partition coefficient (Wildman–Crippen LogP) is 1.34. The first-order valence-corrected chi connectivity index (χ1v) is 8.84. The van der Waals surface area contributed by atoms with E-state index in [1.807, 2.05) is 6.07 Å². The van der Waals surface area contributed by atoms with Gasteiger partial charge in [-0.2, -0.15) is 0 Å². The van der Waals surface area contributed by atoms with Crippen LogP contribution < -0.4 is 20.9 Å². The van der Waals surface area contributed by atoms with E-state index in [4.69, 9.17) is 27.4 Å². The summed E-state index contributed by atoms with van der Waals surface area (Å²) in [6.07, 6.45) is 3.59. The van der Waals surface area contributed by atoms with Crippen molar-refractivity contribution in [3.8, 4) is 5.75 Å². The zero-order valence-electron chi connectivity index (χ0n) is 14.2. The van der Waals surface area contributed by atoms with Crippen LogP contribution in [0, 0.1) is 0 Å². The zero-order valence-corrected chi connectivity index (χ0v) is 15.1. The Morgan fingerprint density at radius 1 is 1.40 bits per heavy atom. The van der Waals surface area contributed by atoms with Gasteiger partial charge < -0.3 is 20.1 Å². The van der Waals surface area contributed by atoms with Crippen LogP contribution in [0.3, 0.4) is 0 Å². The van der Waals surface area contributed by atoms with Crippen LogP contribution in [-0.4, -0.2) is 47.3 Å². The average Bonchev–Trinajstić information content (AvgIpc) is 2.64. The van der Waals surface area contributed by atoms with E-state index < -0.39 is 0 Å². The van der Waals surface area contributed by atoms with Gasteiger partial charge in [0.15, 0.2) is 0 Å². The number of aromatic nitrogens is 2. The Morgan fingerprint density at radius 3 is 2.84 bits per heavy atom. The second-order valence-electron chi connectivity index (χ2n) is 5.88. The van der Waals surface area contributed by atoms with E-state index in [1.54, 1.807) is 12.3 Å². The number of unbranched alkanes of at least 4 members (excludes halogenated alkanes) is 1. The summed E-state index contributed by atoms with van der Waals surface area (Å²) in [5, 5.41) is 0. The van der Waals surface area contributed by atoms with Gasteiger partial charge in [0.25, 0.3) is 0 Å². The molecule has 0 radical (unpaired) electrons. The van der Waals surface area contributed by atoms with E-state index in [1.165, 1.54) is 4.40 Å². The number of anilines is 1. The first-order chi connectivity index (χ1) is 12.1. The van der Waals surface area contributed by atoms with Gasteiger partial charge in [0.05, 0.1) is 25.5 Å². The lowest BCUT2D eigenvalue weighted by Crippen LogP contribution is -2.36. The molecule has 3 rings (SSSR count). The molecule has 0 amide bonds. The second kappa shape index (κ2) is 7.79. The largest absolute Gasteiger partial charge is 0.486 e. The number of fused-ring (bicyclic) bond motifs is 1. The molecule has 2 aromatic heterocycles. The summed E-state index contributed by atoms with van der Waals surface area (Å²) >= 11 is 5.04. The predicted molar refractivity (Wildman–Crippen MR) is 101 cm³/mol. The number of nitrogens with two attached hydrogens (primary N) is 1. The van der Waals surface area contributed by atoms with Crippen LogP contribution in [0.15, 0.2) is 23.1 Å². The Labute approximate surface area is 151 Å². The molecule has 0 unspecified atom stereocenters. The van der Waals surface area contributed by atoms with Gasteiger partial charge in [-0.05, 0) is 18.6 Å². The standard InChI is InChI=1S/C17H22N4O3S/c1-2-3-8-24-15-14(16(18)25)19-13-5-4-12(11-21(13)17(15)22)20-6-9-23-10-7-20/h4-5,11H,2-3,6-10H2,1H3,(H2,18,25). The SMILES string of the molecule is CCCCOc1c(C(N)=S)nc2ccc(N3CCOCC3)cn2c1=O. The maximum absolute atomic E-state index is 12.9. The van der Waals surface area contributed by atoms with Crippen LogP contribution in [0.5, 0.6) is 5.75 Å². The van der Waals surface area contributed by atoms with E-state index in [-0.39, 0.29) is 22.0 Å². The smallest absolute Gasteiger partial charge is 0.301 e. The maximum Gasteiger partial charge on any atom is 0.301 e. The van der Waals surface area contributed by atoms with Gasteiger partial charge in [0.1, 0.15) is 16.3 Å². The molecule has 0 bridgehead atoms. The third-order valence-corrected chi connectivity index (χ3v) is 4.31. The van der Waals surface area contributed by atoms with Crippen LogP contribution in [0.2, 0.25) is 0 Å². The fourth-order valence-electron chi connectivity index (χ4n) is 2.74. The van der Waals surface area contributed by atoms with Gasteiger partial charge in [0, 0.05) is 19.3 Å². The molecule has 8 heteroatoms. The molecule has 0 atom stereocenters. The topological polar surface area (TPSA) is 82.1 Å². The normalized spacial score (nSPS) is 14.7. The molecule has 1 saturated heterocycles. The van der Waals surface area contributed by atoms with Crippen LogP contribution in [0.25, 0.3) is 5.65 Å². The third kappa shape index (κ3) is 3.74. The van der Waals surface area contributed by atoms with Crippen molar-refractivity contribution in [2.45, 2.75) is 19.8 Å². The van der Waals surface area contributed by atoms with Crippen molar-refractivity contribution < 1.29 is 9.47 Å². The van der Waals surface area contributed by atoms with Gasteiger partial charge in [-0.15, -0.1) is 0 Å². The first-order valence-electron chi connectivity index (χ1n) is 8.43. The lowest BCUT2D eigenvalue weighted by atomic mass is 10.3. The molecule has 7 nitrogen and oxygen atoms in total. The van der Waals surface area contributed by atoms with Gasteiger partial charge >= 0.3 is 5.56 Å². The van der Waals surface area contributed by atoms with Crippen LogP contribution in [0.1, 0.15) is 25.5 Å². The highest BCUT2D eigenvalue weighted by atomic mass is 32.1. The molecule has 2 aromatic rings. The molecule has 1 fully saturated rings. The molecule has 2 N–H and O–H groups in total. The molecular formula is C17H22N4O3S. The minimum absolute atomic E-state index is 0.0587. The van der Waals surface area contributed by atoms with Crippen LogP contribution >= 0.6 is 12.2 Å². The Bertz CT molecular complexity index is 830. The van der Waals surface area contributed by atoms with E-state index >= 15 is 0 Å². The fraction of sp³-hybridized carbons (Fsp3) is 0.471. The van der Waals surface area contributed by atoms with E-state index in [0.717, 1.165) is 31.6 Å². The highest BCUT2D eigenvalue weighted by Gasteiger charge is 2.18. The molecule has 0 saturated carbocycles. The first kappa shape index (κ1) is 17.6. The fourth-order valence-corrected chi connectivity index (χ4v) is 2.87. The molecular weight excluding hydrogens is 340 g/mol. The minimum Gasteiger partial charge on any atom is -0.486 e. The van der Waals surface area contributed by atoms with E-state index in [9.17, 15) is 4.79 Å². The van der Waals surface area contributed by atoms with Crippen molar-refractivity contribution >= 4 is 28.5 Å². The monoisotopic (exact) mass is 362 g/mol. The summed E-state index contributed by atoms with van der Waals surface area (Å²) < 4.78 is 12.5. The lowest BCUT2D eigenvalue weighted by Gasteiger charge is -2.28. The number of nitrogens with zero attached hydrogens (tertiary/aromatic N) is 3. The van der Waals surface area contributed by atoms with Gasteiger partial charge in [-0.25, -0.2) is 4.98 Å². The molecule has 134 valence electrons. The van der Waals surface area contributed by atoms with Crippen molar-refractivity contribution in [1.82, 2.24) is 9.38 Å². The molecule has 1 aliphatic rings. The van der Waals surface area contributed by atoms with E-state index in [2.05, 4.69) is 16.8 Å². The summed E-state index contributed by atoms with van der Waals surface area (Å²) in [5.74, 6) is 0.123. The van der Waals surface area contributed by atoms with E-state index in [0.29, 0.717) is 25.5 Å². The Balaban J connectivity index is 2.05. The van der Waals surface area contributed by atoms with Crippen molar-refractivity contribution in [2.24, 2.45) is 5.73 Å². The zero-order chi connectivity index (χ0) is 17.8. The summed E-state index contributed by atoms with van der Waals surface area (Å²) in [6.45, 7) is 5.42. The minimum atomic E-state index is -0.293. The molecule has 1 aliphatic heterocycles. The molecule has 0 aliphatic carbocycles. The number of ether oxygens (including phenoxy) is 2. The van der Waals surface area contributed by atoms with Crippen LogP contribution in [0.4, 0.5) is 5.69 Å². The number of pyridine rings is 1. The van der Waals surface area contributed by atoms with Crippen LogP contribution in [-0.2, 0) is 4.74 Å². The maximum atomic E-state index is 12.9. The summed E-state index contributed by atoms with van der Waals surface area (Å²) in [7, 11) is 0. The van der Waals surface area contributed by atoms with Gasteiger partial charge in [0.2, 0.25) is 5.75 Å².